The van der Waals surface area contributed by atoms with Crippen LogP contribution in [0, 0.1) is 24.2 Å². The van der Waals surface area contributed by atoms with Gasteiger partial charge in [-0.15, -0.1) is 11.3 Å². The van der Waals surface area contributed by atoms with Crippen LogP contribution in [-0.2, 0) is 14.3 Å². The van der Waals surface area contributed by atoms with Crippen molar-refractivity contribution in [1.29, 1.82) is 0 Å². The number of carbonyl (C=O) groups excluding carboxylic acids is 2. The summed E-state index contributed by atoms with van der Waals surface area (Å²) < 4.78 is 6.16. The maximum atomic E-state index is 13.1. The number of aromatic nitrogens is 1. The minimum atomic E-state index is -0.496. The van der Waals surface area contributed by atoms with Gasteiger partial charge in [-0.25, -0.2) is 4.98 Å². The SMILES string of the molecule is C/C(=C\c1csc(C)n1)C1CC2OC2(C)CCCC(C)CC(C)C(=O)C(C)(C)CCC(=O)N1. The van der Waals surface area contributed by atoms with Gasteiger partial charge in [0.1, 0.15) is 5.78 Å². The van der Waals surface area contributed by atoms with Crippen LogP contribution in [0.3, 0.4) is 0 Å². The number of amides is 1. The number of carbonyl (C=O) groups is 2. The van der Waals surface area contributed by atoms with Crippen molar-refractivity contribution in [2.45, 2.75) is 111 Å². The molecule has 0 aromatic carbocycles. The molecule has 184 valence electrons. The van der Waals surface area contributed by atoms with Crippen molar-refractivity contribution in [2.75, 3.05) is 0 Å². The summed E-state index contributed by atoms with van der Waals surface area (Å²) in [4.78, 5) is 30.7. The van der Waals surface area contributed by atoms with Crippen molar-refractivity contribution in [3.05, 3.63) is 21.7 Å². The van der Waals surface area contributed by atoms with Crippen molar-refractivity contribution < 1.29 is 14.3 Å². The van der Waals surface area contributed by atoms with E-state index >= 15 is 0 Å². The number of fused-ring (bicyclic) bond motifs is 1. The number of thiazole rings is 1. The zero-order valence-electron chi connectivity index (χ0n) is 21.5. The molecule has 0 aliphatic carbocycles. The standard InChI is InChI=1S/C27H42N2O3S/c1-17-9-8-11-27(7)23(32-27)15-22(18(2)14-21-16-33-20(4)28-21)29-24(30)10-12-26(5,6)25(31)19(3)13-17/h14,16-17,19,22-23H,8-13,15H2,1-7H3,(H,29,30)/b18-14+. The number of nitrogens with one attached hydrogen (secondary N) is 1. The molecule has 2 saturated heterocycles. The molecule has 5 nitrogen and oxygen atoms in total. The quantitative estimate of drug-likeness (QED) is 0.525. The number of epoxide rings is 1. The lowest BCUT2D eigenvalue weighted by Crippen LogP contribution is -2.39. The van der Waals surface area contributed by atoms with Crippen LogP contribution in [0.15, 0.2) is 11.0 Å². The van der Waals surface area contributed by atoms with Gasteiger partial charge in [0.2, 0.25) is 5.91 Å². The smallest absolute Gasteiger partial charge is 0.220 e. The lowest BCUT2D eigenvalue weighted by Gasteiger charge is -2.28. The normalized spacial score (nSPS) is 34.5. The third-order valence-electron chi connectivity index (χ3n) is 7.60. The van der Waals surface area contributed by atoms with Crippen LogP contribution in [0.5, 0.6) is 0 Å². The number of hydrogen-bond donors (Lipinski definition) is 1. The van der Waals surface area contributed by atoms with Crippen molar-refractivity contribution in [3.63, 3.8) is 0 Å². The van der Waals surface area contributed by atoms with E-state index in [9.17, 15) is 9.59 Å². The molecule has 6 heteroatoms. The zero-order valence-corrected chi connectivity index (χ0v) is 22.3. The van der Waals surface area contributed by atoms with Gasteiger partial charge in [0.05, 0.1) is 28.4 Å². The molecule has 5 atom stereocenters. The van der Waals surface area contributed by atoms with Crippen LogP contribution in [0.2, 0.25) is 0 Å². The molecule has 0 radical (unpaired) electrons. The maximum absolute atomic E-state index is 13.1. The van der Waals surface area contributed by atoms with Crippen molar-refractivity contribution in [2.24, 2.45) is 17.3 Å². The fourth-order valence-electron chi connectivity index (χ4n) is 5.27. The summed E-state index contributed by atoms with van der Waals surface area (Å²) >= 11 is 1.63. The Bertz CT molecular complexity index is 890. The predicted molar refractivity (Wildman–Crippen MR) is 135 cm³/mol. The topological polar surface area (TPSA) is 71.6 Å². The Morgan fingerprint density at radius 1 is 1.21 bits per heavy atom. The van der Waals surface area contributed by atoms with E-state index in [0.717, 1.165) is 48.4 Å². The summed E-state index contributed by atoms with van der Waals surface area (Å²) in [5.41, 5.74) is 1.42. The van der Waals surface area contributed by atoms with Crippen LogP contribution >= 0.6 is 11.3 Å². The molecule has 33 heavy (non-hydrogen) atoms. The van der Waals surface area contributed by atoms with Gasteiger partial charge >= 0.3 is 0 Å². The average Bonchev–Trinajstić information content (AvgIpc) is 3.17. The predicted octanol–water partition coefficient (Wildman–Crippen LogP) is 6.11. The van der Waals surface area contributed by atoms with Gasteiger partial charge in [-0.2, -0.15) is 0 Å². The molecule has 0 spiro atoms. The highest BCUT2D eigenvalue weighted by atomic mass is 32.1. The van der Waals surface area contributed by atoms with Crippen LogP contribution in [0.25, 0.3) is 6.08 Å². The highest BCUT2D eigenvalue weighted by Gasteiger charge is 2.52. The van der Waals surface area contributed by atoms with Gasteiger partial charge in [0.15, 0.2) is 0 Å². The minimum absolute atomic E-state index is 0.00134. The Hall–Kier alpha value is -1.53. The van der Waals surface area contributed by atoms with Gasteiger partial charge in [-0.3, -0.25) is 9.59 Å². The molecule has 2 fully saturated rings. The summed E-state index contributed by atoms with van der Waals surface area (Å²) in [7, 11) is 0. The van der Waals surface area contributed by atoms with Gasteiger partial charge in [-0.05, 0) is 57.6 Å². The molecule has 0 bridgehead atoms. The first-order chi connectivity index (χ1) is 15.4. The molecule has 3 heterocycles. The van der Waals surface area contributed by atoms with Crippen molar-refractivity contribution in [3.8, 4) is 0 Å². The lowest BCUT2D eigenvalue weighted by atomic mass is 9.75. The van der Waals surface area contributed by atoms with Crippen LogP contribution in [-0.4, -0.2) is 34.4 Å². The van der Waals surface area contributed by atoms with Gasteiger partial charge < -0.3 is 10.1 Å². The van der Waals surface area contributed by atoms with Crippen LogP contribution in [0.1, 0.15) is 97.2 Å². The minimum Gasteiger partial charge on any atom is -0.366 e. The van der Waals surface area contributed by atoms with Gasteiger partial charge in [-0.1, -0.05) is 40.5 Å². The lowest BCUT2D eigenvalue weighted by molar-refractivity contribution is -0.132. The van der Waals surface area contributed by atoms with E-state index < -0.39 is 5.41 Å². The second-order valence-electron chi connectivity index (χ2n) is 11.3. The van der Waals surface area contributed by atoms with Gasteiger partial charge in [0.25, 0.3) is 0 Å². The molecule has 1 aromatic rings. The van der Waals surface area contributed by atoms with E-state index in [-0.39, 0.29) is 35.4 Å². The Morgan fingerprint density at radius 3 is 2.61 bits per heavy atom. The van der Waals surface area contributed by atoms with E-state index in [1.54, 1.807) is 11.3 Å². The average molecular weight is 475 g/mol. The van der Waals surface area contributed by atoms with Gasteiger partial charge in [0, 0.05) is 29.6 Å². The first-order valence-corrected chi connectivity index (χ1v) is 13.4. The molecule has 2 aliphatic heterocycles. The summed E-state index contributed by atoms with van der Waals surface area (Å²) in [5, 5.41) is 6.33. The Kier molecular flexibility index (Phi) is 8.21. The molecule has 5 unspecified atom stereocenters. The maximum Gasteiger partial charge on any atom is 0.220 e. The summed E-state index contributed by atoms with van der Waals surface area (Å²) in [6.07, 6.45) is 8.06. The number of hydrogen-bond acceptors (Lipinski definition) is 5. The van der Waals surface area contributed by atoms with E-state index in [1.807, 2.05) is 26.2 Å². The number of ether oxygens (including phenoxy) is 1. The first kappa shape index (κ1) is 26.1. The number of ketones is 1. The molecule has 3 rings (SSSR count). The number of Topliss-reactive ketones (excluding diaryl/α,β-unsaturated/α-hetero) is 1. The van der Waals surface area contributed by atoms with E-state index in [1.165, 1.54) is 0 Å². The van der Waals surface area contributed by atoms with E-state index in [2.05, 4.69) is 44.1 Å². The number of nitrogens with zero attached hydrogens (tertiary/aromatic N) is 1. The fraction of sp³-hybridized carbons (Fsp3) is 0.741. The number of rotatable bonds is 2. The molecular weight excluding hydrogens is 432 g/mol. The Labute approximate surface area is 203 Å². The third-order valence-corrected chi connectivity index (χ3v) is 8.39. The molecule has 1 amide bonds. The fourth-order valence-corrected chi connectivity index (χ4v) is 5.84. The second-order valence-corrected chi connectivity index (χ2v) is 12.4. The Morgan fingerprint density at radius 2 is 1.94 bits per heavy atom. The van der Waals surface area contributed by atoms with Crippen molar-refractivity contribution in [1.82, 2.24) is 10.3 Å². The summed E-state index contributed by atoms with van der Waals surface area (Å²) in [5.74, 6) is 0.805. The highest BCUT2D eigenvalue weighted by Crippen LogP contribution is 2.44. The number of aryl methyl sites for hydroxylation is 1. The molecule has 0 saturated carbocycles. The van der Waals surface area contributed by atoms with E-state index in [0.29, 0.717) is 18.8 Å². The molecule has 1 N–H and O–H groups in total. The Balaban J connectivity index is 1.79. The molecule has 1 aromatic heterocycles. The monoisotopic (exact) mass is 474 g/mol. The zero-order chi connectivity index (χ0) is 24.4. The van der Waals surface area contributed by atoms with Crippen LogP contribution in [0.4, 0.5) is 0 Å². The first-order valence-electron chi connectivity index (χ1n) is 12.5. The summed E-state index contributed by atoms with van der Waals surface area (Å²) in [6.45, 7) is 14.5. The summed E-state index contributed by atoms with van der Waals surface area (Å²) in [6, 6.07) is -0.101. The van der Waals surface area contributed by atoms with Crippen molar-refractivity contribution >= 4 is 29.1 Å². The van der Waals surface area contributed by atoms with Crippen LogP contribution < -0.4 is 5.32 Å². The molecular formula is C27H42N2O3S. The highest BCUT2D eigenvalue weighted by molar-refractivity contribution is 7.09. The largest absolute Gasteiger partial charge is 0.366 e. The van der Waals surface area contributed by atoms with E-state index in [4.69, 9.17) is 4.74 Å². The second kappa shape index (κ2) is 10.4. The third kappa shape index (κ3) is 6.98. The molecule has 2 aliphatic rings.